The van der Waals surface area contributed by atoms with Crippen LogP contribution in [-0.2, 0) is 16.0 Å². The second-order valence-corrected chi connectivity index (χ2v) is 6.56. The maximum absolute atomic E-state index is 12.9. The highest BCUT2D eigenvalue weighted by molar-refractivity contribution is 5.92. The number of anilines is 1. The Kier molecular flexibility index (Phi) is 6.03. The third kappa shape index (κ3) is 5.52. The Labute approximate surface area is 157 Å². The Morgan fingerprint density at radius 1 is 0.963 bits per heavy atom. The van der Waals surface area contributed by atoms with Crippen LogP contribution in [-0.4, -0.2) is 59.4 Å². The number of carbonyl (C=O) groups excluding carboxylic acids is 2. The summed E-state index contributed by atoms with van der Waals surface area (Å²) in [6.07, 6.45) is 0.297. The van der Waals surface area contributed by atoms with Crippen LogP contribution >= 0.6 is 0 Å². The van der Waals surface area contributed by atoms with Gasteiger partial charge < -0.3 is 15.3 Å². The Balaban J connectivity index is 1.42. The third-order valence-corrected chi connectivity index (χ3v) is 4.51. The minimum absolute atomic E-state index is 0.0381. The maximum Gasteiger partial charge on any atom is 0.238 e. The minimum Gasteiger partial charge on any atom is -0.508 e. The summed E-state index contributed by atoms with van der Waals surface area (Å²) in [6, 6.07) is 12.3. The van der Waals surface area contributed by atoms with Crippen molar-refractivity contribution in [2.75, 3.05) is 38.0 Å². The summed E-state index contributed by atoms with van der Waals surface area (Å²) in [7, 11) is 0. The molecule has 0 saturated carbocycles. The van der Waals surface area contributed by atoms with Crippen LogP contribution in [0.3, 0.4) is 0 Å². The number of rotatable bonds is 5. The highest BCUT2D eigenvalue weighted by Crippen LogP contribution is 2.12. The van der Waals surface area contributed by atoms with Crippen molar-refractivity contribution in [1.82, 2.24) is 9.80 Å². The molecule has 0 radical (unpaired) electrons. The molecule has 0 bridgehead atoms. The molecule has 2 amide bonds. The van der Waals surface area contributed by atoms with Crippen molar-refractivity contribution >= 4 is 17.5 Å². The van der Waals surface area contributed by atoms with Gasteiger partial charge in [-0.3, -0.25) is 14.5 Å². The molecule has 1 aliphatic heterocycles. The zero-order valence-corrected chi connectivity index (χ0v) is 14.9. The van der Waals surface area contributed by atoms with Gasteiger partial charge in [-0.2, -0.15) is 0 Å². The molecule has 1 fully saturated rings. The van der Waals surface area contributed by atoms with Gasteiger partial charge in [-0.15, -0.1) is 0 Å². The molecule has 2 aromatic carbocycles. The Hall–Kier alpha value is -2.93. The number of benzene rings is 2. The number of halogens is 1. The number of amides is 2. The highest BCUT2D eigenvalue weighted by Gasteiger charge is 2.22. The molecular weight excluding hydrogens is 349 g/mol. The topological polar surface area (TPSA) is 72.9 Å². The van der Waals surface area contributed by atoms with Gasteiger partial charge in [-0.05, 0) is 42.0 Å². The van der Waals surface area contributed by atoms with Crippen LogP contribution in [0.4, 0.5) is 10.1 Å². The van der Waals surface area contributed by atoms with Gasteiger partial charge >= 0.3 is 0 Å². The van der Waals surface area contributed by atoms with Gasteiger partial charge in [0.2, 0.25) is 11.8 Å². The fourth-order valence-electron chi connectivity index (χ4n) is 2.99. The van der Waals surface area contributed by atoms with E-state index in [4.69, 9.17) is 0 Å². The summed E-state index contributed by atoms with van der Waals surface area (Å²) in [5.41, 5.74) is 1.42. The molecule has 0 atom stereocenters. The van der Waals surface area contributed by atoms with Crippen LogP contribution < -0.4 is 5.32 Å². The zero-order chi connectivity index (χ0) is 19.2. The number of hydrogen-bond donors (Lipinski definition) is 2. The molecule has 142 valence electrons. The average Bonchev–Trinajstić information content (AvgIpc) is 2.66. The van der Waals surface area contributed by atoms with Crippen molar-refractivity contribution in [2.45, 2.75) is 6.42 Å². The van der Waals surface area contributed by atoms with E-state index in [1.54, 1.807) is 29.2 Å². The first-order chi connectivity index (χ1) is 13.0. The first-order valence-electron chi connectivity index (χ1n) is 8.83. The van der Waals surface area contributed by atoms with Gasteiger partial charge in [0.25, 0.3) is 0 Å². The number of aromatic hydroxyl groups is 1. The summed E-state index contributed by atoms with van der Waals surface area (Å²) in [5.74, 6) is -0.290. The van der Waals surface area contributed by atoms with Gasteiger partial charge in [0, 0.05) is 31.9 Å². The molecule has 0 unspecified atom stereocenters. The minimum atomic E-state index is -0.346. The molecule has 1 aliphatic rings. The Morgan fingerprint density at radius 3 is 2.22 bits per heavy atom. The summed E-state index contributed by atoms with van der Waals surface area (Å²) in [4.78, 5) is 28.3. The van der Waals surface area contributed by atoms with Crippen molar-refractivity contribution in [3.05, 3.63) is 59.9 Å². The number of carbonyl (C=O) groups is 2. The molecule has 3 rings (SSSR count). The lowest BCUT2D eigenvalue weighted by molar-refractivity contribution is -0.132. The standard InChI is InChI=1S/C20H22FN3O3/c21-16-3-5-17(6-4-16)22-19(26)14-23-9-11-24(12-10-23)20(27)13-15-1-7-18(25)8-2-15/h1-8,25H,9-14H2,(H,22,26). The van der Waals surface area contributed by atoms with E-state index in [0.29, 0.717) is 38.3 Å². The van der Waals surface area contributed by atoms with Crippen LogP contribution in [0.5, 0.6) is 5.75 Å². The van der Waals surface area contributed by atoms with E-state index < -0.39 is 0 Å². The largest absolute Gasteiger partial charge is 0.508 e. The summed E-state index contributed by atoms with van der Waals surface area (Å²) >= 11 is 0. The van der Waals surface area contributed by atoms with Crippen LogP contribution in [0.25, 0.3) is 0 Å². The number of phenols is 1. The van der Waals surface area contributed by atoms with Gasteiger partial charge in [-0.25, -0.2) is 4.39 Å². The average molecular weight is 371 g/mol. The quantitative estimate of drug-likeness (QED) is 0.842. The maximum atomic E-state index is 12.9. The van der Waals surface area contributed by atoms with Gasteiger partial charge in [0.1, 0.15) is 11.6 Å². The molecule has 27 heavy (non-hydrogen) atoms. The molecule has 0 aromatic heterocycles. The van der Waals surface area contributed by atoms with E-state index in [-0.39, 0.29) is 29.9 Å². The lowest BCUT2D eigenvalue weighted by Gasteiger charge is -2.34. The monoisotopic (exact) mass is 371 g/mol. The van der Waals surface area contributed by atoms with Crippen molar-refractivity contribution < 1.29 is 19.1 Å². The van der Waals surface area contributed by atoms with E-state index in [0.717, 1.165) is 5.56 Å². The molecule has 2 aromatic rings. The van der Waals surface area contributed by atoms with Crippen LogP contribution in [0.1, 0.15) is 5.56 Å². The number of piperazine rings is 1. The first-order valence-corrected chi connectivity index (χ1v) is 8.83. The lowest BCUT2D eigenvalue weighted by Crippen LogP contribution is -2.50. The van der Waals surface area contributed by atoms with Crippen molar-refractivity contribution in [2.24, 2.45) is 0 Å². The van der Waals surface area contributed by atoms with Gasteiger partial charge in [-0.1, -0.05) is 12.1 Å². The number of hydrogen-bond acceptors (Lipinski definition) is 4. The fraction of sp³-hybridized carbons (Fsp3) is 0.300. The van der Waals surface area contributed by atoms with E-state index in [1.807, 2.05) is 4.90 Å². The predicted octanol–water partition coefficient (Wildman–Crippen LogP) is 1.86. The van der Waals surface area contributed by atoms with Crippen LogP contribution in [0.15, 0.2) is 48.5 Å². The highest BCUT2D eigenvalue weighted by atomic mass is 19.1. The molecule has 1 heterocycles. The number of nitrogens with zero attached hydrogens (tertiary/aromatic N) is 2. The van der Waals surface area contributed by atoms with E-state index >= 15 is 0 Å². The second-order valence-electron chi connectivity index (χ2n) is 6.56. The second kappa shape index (κ2) is 8.64. The summed E-state index contributed by atoms with van der Waals surface area (Å²) in [5, 5.41) is 12.0. The fourth-order valence-corrected chi connectivity index (χ4v) is 2.99. The lowest BCUT2D eigenvalue weighted by atomic mass is 10.1. The molecular formula is C20H22FN3O3. The van der Waals surface area contributed by atoms with Crippen LogP contribution in [0, 0.1) is 5.82 Å². The summed E-state index contributed by atoms with van der Waals surface area (Å²) < 4.78 is 12.9. The Morgan fingerprint density at radius 2 is 1.59 bits per heavy atom. The number of nitrogens with one attached hydrogen (secondary N) is 1. The van der Waals surface area contributed by atoms with Crippen LogP contribution in [0.2, 0.25) is 0 Å². The molecule has 1 saturated heterocycles. The normalized spacial score (nSPS) is 14.8. The van der Waals surface area contributed by atoms with E-state index in [2.05, 4.69) is 5.32 Å². The van der Waals surface area contributed by atoms with Gasteiger partial charge in [0.05, 0.1) is 13.0 Å². The Bertz CT molecular complexity index is 785. The number of phenolic OH excluding ortho intramolecular Hbond substituents is 1. The molecule has 7 heteroatoms. The van der Waals surface area contributed by atoms with Gasteiger partial charge in [0.15, 0.2) is 0 Å². The van der Waals surface area contributed by atoms with Crippen molar-refractivity contribution in [3.63, 3.8) is 0 Å². The van der Waals surface area contributed by atoms with E-state index in [1.165, 1.54) is 24.3 Å². The molecule has 0 spiro atoms. The third-order valence-electron chi connectivity index (χ3n) is 4.51. The predicted molar refractivity (Wildman–Crippen MR) is 99.9 cm³/mol. The molecule has 6 nitrogen and oxygen atoms in total. The zero-order valence-electron chi connectivity index (χ0n) is 14.9. The smallest absolute Gasteiger partial charge is 0.238 e. The molecule has 0 aliphatic carbocycles. The SMILES string of the molecule is O=C(CN1CCN(C(=O)Cc2ccc(O)cc2)CC1)Nc1ccc(F)cc1. The van der Waals surface area contributed by atoms with Crippen molar-refractivity contribution in [3.8, 4) is 5.75 Å². The summed E-state index contributed by atoms with van der Waals surface area (Å²) in [6.45, 7) is 2.62. The molecule has 2 N–H and O–H groups in total. The first kappa shape index (κ1) is 18.8. The van der Waals surface area contributed by atoms with Crippen molar-refractivity contribution in [1.29, 1.82) is 0 Å². The van der Waals surface area contributed by atoms with E-state index in [9.17, 15) is 19.1 Å².